The zero-order chi connectivity index (χ0) is 23.1. The monoisotopic (exact) mass is 449 g/mol. The van der Waals surface area contributed by atoms with Gasteiger partial charge < -0.3 is 10.1 Å². The van der Waals surface area contributed by atoms with E-state index in [0.29, 0.717) is 5.56 Å². The molecule has 0 saturated carbocycles. The van der Waals surface area contributed by atoms with Crippen LogP contribution in [-0.2, 0) is 19.3 Å². The number of aromatic nitrogens is 2. The average Bonchev–Trinajstić information content (AvgIpc) is 3.33. The first kappa shape index (κ1) is 20.7. The molecule has 0 saturated heterocycles. The molecule has 1 amide bonds. The summed E-state index contributed by atoms with van der Waals surface area (Å²) in [5.74, 6) is 0.854. The number of carbonyl (C=O) groups is 1. The molecule has 0 spiro atoms. The quantitative estimate of drug-likeness (QED) is 0.423. The largest absolute Gasteiger partial charge is 0.497 e. The Kier molecular flexibility index (Phi) is 5.17. The van der Waals surface area contributed by atoms with E-state index in [1.54, 1.807) is 7.11 Å². The van der Waals surface area contributed by atoms with E-state index in [-0.39, 0.29) is 11.9 Å². The molecule has 2 aliphatic carbocycles. The van der Waals surface area contributed by atoms with Gasteiger partial charge >= 0.3 is 0 Å². The molecule has 4 aromatic rings. The maximum atomic E-state index is 13.0. The van der Waals surface area contributed by atoms with Crippen molar-refractivity contribution in [2.45, 2.75) is 38.1 Å². The van der Waals surface area contributed by atoms with E-state index in [1.807, 2.05) is 30.3 Å². The van der Waals surface area contributed by atoms with Gasteiger partial charge in [-0.15, -0.1) is 0 Å². The summed E-state index contributed by atoms with van der Waals surface area (Å²) in [5, 5.41) is 11.1. The minimum Gasteiger partial charge on any atom is -0.497 e. The number of nitrogens with one attached hydrogen (secondary N) is 2. The van der Waals surface area contributed by atoms with Gasteiger partial charge in [0.05, 0.1) is 24.5 Å². The molecule has 170 valence electrons. The third-order valence-corrected chi connectivity index (χ3v) is 7.19. The zero-order valence-electron chi connectivity index (χ0n) is 19.2. The summed E-state index contributed by atoms with van der Waals surface area (Å²) in [4.78, 5) is 13.0. The van der Waals surface area contributed by atoms with E-state index >= 15 is 0 Å². The van der Waals surface area contributed by atoms with Crippen molar-refractivity contribution in [3.8, 4) is 28.3 Å². The van der Waals surface area contributed by atoms with Crippen LogP contribution in [0.1, 0.15) is 51.5 Å². The van der Waals surface area contributed by atoms with E-state index < -0.39 is 0 Å². The van der Waals surface area contributed by atoms with Crippen LogP contribution < -0.4 is 10.1 Å². The number of benzene rings is 3. The van der Waals surface area contributed by atoms with Crippen LogP contribution in [0.5, 0.6) is 5.75 Å². The summed E-state index contributed by atoms with van der Waals surface area (Å²) in [6, 6.07) is 22.5. The van der Waals surface area contributed by atoms with Crippen molar-refractivity contribution in [2.24, 2.45) is 0 Å². The molecule has 0 aliphatic heterocycles. The first-order valence-electron chi connectivity index (χ1n) is 11.9. The molecule has 1 aromatic heterocycles. The predicted octanol–water partition coefficient (Wildman–Crippen LogP) is 5.66. The minimum absolute atomic E-state index is 0.0276. The molecule has 5 nitrogen and oxygen atoms in total. The third kappa shape index (κ3) is 3.58. The topological polar surface area (TPSA) is 67.0 Å². The van der Waals surface area contributed by atoms with Crippen LogP contribution in [0.15, 0.2) is 66.7 Å². The molecular formula is C29H27N3O2. The Bertz CT molecular complexity index is 1370. The first-order valence-corrected chi connectivity index (χ1v) is 11.9. The first-order chi connectivity index (χ1) is 16.7. The van der Waals surface area contributed by atoms with Crippen molar-refractivity contribution in [1.82, 2.24) is 15.5 Å². The Balaban J connectivity index is 1.23. The highest BCUT2D eigenvalue weighted by molar-refractivity contribution is 5.95. The number of methoxy groups -OCH3 is 1. The number of aryl methyl sites for hydroxylation is 2. The second-order valence-corrected chi connectivity index (χ2v) is 9.14. The van der Waals surface area contributed by atoms with Crippen molar-refractivity contribution >= 4 is 5.91 Å². The molecule has 5 heteroatoms. The summed E-state index contributed by atoms with van der Waals surface area (Å²) in [6.45, 7) is 0. The van der Waals surface area contributed by atoms with Gasteiger partial charge in [0.2, 0.25) is 0 Å². The standard InChI is InChI=1S/C29H27N3O2/c1-34-22-14-16-24-21(17-22)13-15-25-27(31-32-28(24)25)19-9-11-20(12-10-19)29(33)30-26-8-4-6-18-5-2-3-7-23(18)26/h2-3,5,7,9-12,14,16-17,26H,4,6,8,13,15H2,1H3,(H,30,33)(H,31,32)/t26-/m1/s1. The molecule has 0 unspecified atom stereocenters. The minimum atomic E-state index is -0.0276. The lowest BCUT2D eigenvalue weighted by Crippen LogP contribution is -2.30. The number of aromatic amines is 1. The highest BCUT2D eigenvalue weighted by atomic mass is 16.5. The van der Waals surface area contributed by atoms with E-state index in [2.05, 4.69) is 51.9 Å². The lowest BCUT2D eigenvalue weighted by atomic mass is 9.87. The molecule has 0 fully saturated rings. The number of ether oxygens (including phenoxy) is 1. The fourth-order valence-electron chi connectivity index (χ4n) is 5.40. The molecule has 2 N–H and O–H groups in total. The van der Waals surface area contributed by atoms with Gasteiger partial charge in [-0.3, -0.25) is 9.89 Å². The third-order valence-electron chi connectivity index (χ3n) is 7.19. The Hall–Kier alpha value is -3.86. The van der Waals surface area contributed by atoms with Crippen molar-refractivity contribution in [3.05, 3.63) is 94.5 Å². The summed E-state index contributed by atoms with van der Waals surface area (Å²) >= 11 is 0. The molecule has 6 rings (SSSR count). The molecular weight excluding hydrogens is 422 g/mol. The van der Waals surface area contributed by atoms with Crippen LogP contribution in [0.25, 0.3) is 22.5 Å². The normalized spacial score (nSPS) is 16.2. The number of amides is 1. The van der Waals surface area contributed by atoms with Gasteiger partial charge in [0.15, 0.2) is 0 Å². The maximum Gasteiger partial charge on any atom is 0.251 e. The van der Waals surface area contributed by atoms with Crippen LogP contribution in [0, 0.1) is 0 Å². The van der Waals surface area contributed by atoms with Crippen molar-refractivity contribution in [2.75, 3.05) is 7.11 Å². The Morgan fingerprint density at radius 1 is 1.00 bits per heavy atom. The van der Waals surface area contributed by atoms with E-state index in [9.17, 15) is 4.79 Å². The fraction of sp³-hybridized carbons (Fsp3) is 0.241. The van der Waals surface area contributed by atoms with Gasteiger partial charge in [-0.25, -0.2) is 0 Å². The van der Waals surface area contributed by atoms with Crippen molar-refractivity contribution in [3.63, 3.8) is 0 Å². The molecule has 34 heavy (non-hydrogen) atoms. The molecule has 1 heterocycles. The second-order valence-electron chi connectivity index (χ2n) is 9.14. The Morgan fingerprint density at radius 2 is 1.85 bits per heavy atom. The fourth-order valence-corrected chi connectivity index (χ4v) is 5.40. The number of hydrogen-bond donors (Lipinski definition) is 2. The van der Waals surface area contributed by atoms with Gasteiger partial charge in [0, 0.05) is 22.3 Å². The van der Waals surface area contributed by atoms with Crippen LogP contribution in [0.3, 0.4) is 0 Å². The molecule has 2 aliphatic rings. The van der Waals surface area contributed by atoms with Gasteiger partial charge in [-0.05, 0) is 79.1 Å². The number of rotatable bonds is 4. The van der Waals surface area contributed by atoms with Crippen molar-refractivity contribution < 1.29 is 9.53 Å². The van der Waals surface area contributed by atoms with E-state index in [1.165, 1.54) is 27.8 Å². The van der Waals surface area contributed by atoms with Crippen LogP contribution in [0.2, 0.25) is 0 Å². The van der Waals surface area contributed by atoms with E-state index in [0.717, 1.165) is 54.8 Å². The lowest BCUT2D eigenvalue weighted by Gasteiger charge is -2.26. The zero-order valence-corrected chi connectivity index (χ0v) is 19.2. The SMILES string of the molecule is COc1ccc2c(c1)CCc1c(-c3ccc(C(=O)N[C@@H]4CCCc5ccccc54)cc3)n[nH]c1-2. The Morgan fingerprint density at radius 3 is 2.71 bits per heavy atom. The van der Waals surface area contributed by atoms with Gasteiger partial charge in [-0.2, -0.15) is 5.10 Å². The maximum absolute atomic E-state index is 13.0. The van der Waals surface area contributed by atoms with Crippen LogP contribution >= 0.6 is 0 Å². The summed E-state index contributed by atoms with van der Waals surface area (Å²) in [6.07, 6.45) is 5.04. The van der Waals surface area contributed by atoms with Gasteiger partial charge in [-0.1, -0.05) is 36.4 Å². The summed E-state index contributed by atoms with van der Waals surface area (Å²) in [7, 11) is 1.70. The Labute approximate surface area is 199 Å². The average molecular weight is 450 g/mol. The predicted molar refractivity (Wildman–Crippen MR) is 133 cm³/mol. The number of carbonyl (C=O) groups excluding carboxylic acids is 1. The summed E-state index contributed by atoms with van der Waals surface area (Å²) in [5.41, 5.74) is 10.0. The number of nitrogens with zero attached hydrogens (tertiary/aromatic N) is 1. The van der Waals surface area contributed by atoms with E-state index in [4.69, 9.17) is 4.74 Å². The van der Waals surface area contributed by atoms with Gasteiger partial charge in [0.25, 0.3) is 5.91 Å². The number of hydrogen-bond acceptors (Lipinski definition) is 3. The van der Waals surface area contributed by atoms with Crippen molar-refractivity contribution in [1.29, 1.82) is 0 Å². The highest BCUT2D eigenvalue weighted by Crippen LogP contribution is 2.38. The molecule has 1 atom stereocenters. The lowest BCUT2D eigenvalue weighted by molar-refractivity contribution is 0.0933. The highest BCUT2D eigenvalue weighted by Gasteiger charge is 2.24. The molecule has 0 radical (unpaired) electrons. The summed E-state index contributed by atoms with van der Waals surface area (Å²) < 4.78 is 5.38. The molecule has 3 aromatic carbocycles. The van der Waals surface area contributed by atoms with Crippen LogP contribution in [0.4, 0.5) is 0 Å². The number of H-pyrrole nitrogens is 1. The molecule has 0 bridgehead atoms. The smallest absolute Gasteiger partial charge is 0.251 e. The van der Waals surface area contributed by atoms with Crippen LogP contribution in [-0.4, -0.2) is 23.2 Å². The van der Waals surface area contributed by atoms with Gasteiger partial charge in [0.1, 0.15) is 5.75 Å². The number of fused-ring (bicyclic) bond motifs is 4. The second kappa shape index (κ2) is 8.49.